The van der Waals surface area contributed by atoms with Crippen LogP contribution in [0.4, 0.5) is 0 Å². The largest absolute Gasteiger partial charge is 0.338 e. The van der Waals surface area contributed by atoms with E-state index in [4.69, 9.17) is 5.73 Å². The third-order valence-electron chi connectivity index (χ3n) is 5.11. The van der Waals surface area contributed by atoms with E-state index in [0.29, 0.717) is 26.2 Å². The second kappa shape index (κ2) is 6.59. The number of piperazine rings is 1. The van der Waals surface area contributed by atoms with Crippen LogP contribution in [-0.4, -0.2) is 53.3 Å². The van der Waals surface area contributed by atoms with Crippen molar-refractivity contribution in [2.75, 3.05) is 26.2 Å². The molecule has 1 aromatic heterocycles. The zero-order valence-electron chi connectivity index (χ0n) is 14.2. The molecular formula is C18H22ClN3O2S. The van der Waals surface area contributed by atoms with Gasteiger partial charge in [-0.1, -0.05) is 18.2 Å². The second-order valence-electron chi connectivity index (χ2n) is 6.79. The fourth-order valence-electron chi connectivity index (χ4n) is 3.30. The maximum atomic E-state index is 12.9. The van der Waals surface area contributed by atoms with Crippen molar-refractivity contribution in [2.24, 2.45) is 5.73 Å². The number of fused-ring (bicyclic) bond motifs is 1. The van der Waals surface area contributed by atoms with Gasteiger partial charge in [0.2, 0.25) is 5.91 Å². The van der Waals surface area contributed by atoms with E-state index in [1.54, 1.807) is 11.3 Å². The Bertz CT molecular complexity index is 823. The highest BCUT2D eigenvalue weighted by Crippen LogP contribution is 2.35. The molecule has 1 saturated heterocycles. The number of amides is 2. The van der Waals surface area contributed by atoms with Crippen molar-refractivity contribution in [1.29, 1.82) is 0 Å². The van der Waals surface area contributed by atoms with E-state index in [1.807, 2.05) is 28.9 Å². The monoisotopic (exact) mass is 379 g/mol. The quantitative estimate of drug-likeness (QED) is 0.871. The highest BCUT2D eigenvalue weighted by molar-refractivity contribution is 7.21. The number of thiophene rings is 1. The lowest BCUT2D eigenvalue weighted by Crippen LogP contribution is -2.55. The molecule has 2 amide bonds. The van der Waals surface area contributed by atoms with Gasteiger partial charge < -0.3 is 15.5 Å². The topological polar surface area (TPSA) is 66.6 Å². The molecule has 2 aromatic rings. The average Bonchev–Trinajstić information content (AvgIpc) is 3.28. The summed E-state index contributed by atoms with van der Waals surface area (Å²) in [6.07, 6.45) is 1.57. The molecule has 0 atom stereocenters. The molecule has 5 nitrogen and oxygen atoms in total. The number of benzene rings is 1. The fraction of sp³-hybridized carbons (Fsp3) is 0.444. The minimum atomic E-state index is -0.617. The predicted octanol–water partition coefficient (Wildman–Crippen LogP) is 2.41. The molecule has 1 saturated carbocycles. The first-order chi connectivity index (χ1) is 11.5. The van der Waals surface area contributed by atoms with Crippen LogP contribution in [0.3, 0.4) is 0 Å². The number of nitrogens with two attached hydrogens (primary N) is 1. The molecule has 0 spiro atoms. The molecular weight excluding hydrogens is 358 g/mol. The summed E-state index contributed by atoms with van der Waals surface area (Å²) in [6, 6.07) is 8.11. The van der Waals surface area contributed by atoms with Gasteiger partial charge >= 0.3 is 0 Å². The summed E-state index contributed by atoms with van der Waals surface area (Å²) in [5.74, 6) is 0.127. The van der Waals surface area contributed by atoms with E-state index in [2.05, 4.69) is 12.1 Å². The Balaban J connectivity index is 0.00000182. The minimum Gasteiger partial charge on any atom is -0.338 e. The Morgan fingerprint density at radius 2 is 1.68 bits per heavy atom. The van der Waals surface area contributed by atoms with Crippen molar-refractivity contribution in [2.45, 2.75) is 25.3 Å². The van der Waals surface area contributed by atoms with Crippen LogP contribution in [0.2, 0.25) is 0 Å². The number of carbonyl (C=O) groups excluding carboxylic acids is 2. The number of hydrogen-bond donors (Lipinski definition) is 1. The molecule has 1 aromatic carbocycles. The van der Waals surface area contributed by atoms with E-state index in [1.165, 1.54) is 0 Å². The SMILES string of the molecule is Cc1c(C(=O)N2CCN(C(=O)C3(N)CC3)CC2)sc2ccccc12.Cl. The number of aryl methyl sites for hydroxylation is 1. The summed E-state index contributed by atoms with van der Waals surface area (Å²) in [7, 11) is 0. The average molecular weight is 380 g/mol. The van der Waals surface area contributed by atoms with Gasteiger partial charge in [0.1, 0.15) is 0 Å². The molecule has 1 aliphatic carbocycles. The van der Waals surface area contributed by atoms with Gasteiger partial charge in [-0.25, -0.2) is 0 Å². The Morgan fingerprint density at radius 3 is 2.28 bits per heavy atom. The van der Waals surface area contributed by atoms with E-state index in [-0.39, 0.29) is 24.2 Å². The van der Waals surface area contributed by atoms with E-state index < -0.39 is 5.54 Å². The van der Waals surface area contributed by atoms with Crippen molar-refractivity contribution in [3.8, 4) is 0 Å². The Hall–Kier alpha value is -1.63. The van der Waals surface area contributed by atoms with Crippen LogP contribution in [0.25, 0.3) is 10.1 Å². The van der Waals surface area contributed by atoms with Crippen molar-refractivity contribution in [1.82, 2.24) is 9.80 Å². The van der Waals surface area contributed by atoms with Gasteiger partial charge in [0.15, 0.2) is 0 Å². The maximum absolute atomic E-state index is 12.9. The molecule has 2 fully saturated rings. The molecule has 2 N–H and O–H groups in total. The van der Waals surface area contributed by atoms with E-state index in [9.17, 15) is 9.59 Å². The molecule has 2 aliphatic rings. The van der Waals surface area contributed by atoms with Crippen molar-refractivity contribution in [3.63, 3.8) is 0 Å². The van der Waals surface area contributed by atoms with E-state index >= 15 is 0 Å². The van der Waals surface area contributed by atoms with Gasteiger partial charge in [-0.3, -0.25) is 9.59 Å². The van der Waals surface area contributed by atoms with Gasteiger partial charge in [0, 0.05) is 30.9 Å². The normalized spacial score (nSPS) is 18.8. The van der Waals surface area contributed by atoms with Gasteiger partial charge in [0.05, 0.1) is 10.4 Å². The van der Waals surface area contributed by atoms with Gasteiger partial charge in [0.25, 0.3) is 5.91 Å². The fourth-order valence-corrected chi connectivity index (χ4v) is 4.48. The number of halogens is 1. The predicted molar refractivity (Wildman–Crippen MR) is 102 cm³/mol. The first-order valence-electron chi connectivity index (χ1n) is 8.35. The van der Waals surface area contributed by atoms with Crippen LogP contribution in [0, 0.1) is 6.92 Å². The number of rotatable bonds is 2. The van der Waals surface area contributed by atoms with Crippen LogP contribution < -0.4 is 5.73 Å². The zero-order valence-corrected chi connectivity index (χ0v) is 15.8. The molecule has 4 rings (SSSR count). The zero-order chi connectivity index (χ0) is 16.9. The standard InChI is InChI=1S/C18H21N3O2S.ClH/c1-12-13-4-2-3-5-14(13)24-15(12)16(22)20-8-10-21(11-9-20)17(23)18(19)6-7-18;/h2-5H,6-11,19H2,1H3;1H. The maximum Gasteiger partial charge on any atom is 0.264 e. The van der Waals surface area contributed by atoms with Crippen molar-refractivity contribution >= 4 is 45.6 Å². The van der Waals surface area contributed by atoms with Crippen molar-refractivity contribution < 1.29 is 9.59 Å². The molecule has 0 unspecified atom stereocenters. The lowest BCUT2D eigenvalue weighted by atomic mass is 10.1. The van der Waals surface area contributed by atoms with Crippen molar-refractivity contribution in [3.05, 3.63) is 34.7 Å². The lowest BCUT2D eigenvalue weighted by molar-refractivity contribution is -0.135. The summed E-state index contributed by atoms with van der Waals surface area (Å²) < 4.78 is 1.14. The Labute approximate surface area is 157 Å². The molecule has 0 bridgehead atoms. The third kappa shape index (κ3) is 3.14. The third-order valence-corrected chi connectivity index (χ3v) is 6.37. The number of hydrogen-bond acceptors (Lipinski definition) is 4. The summed E-state index contributed by atoms with van der Waals surface area (Å²) in [5.41, 5.74) is 6.44. The first kappa shape index (κ1) is 18.2. The number of carbonyl (C=O) groups is 2. The molecule has 0 radical (unpaired) electrons. The van der Waals surface area contributed by atoms with Crippen LogP contribution in [0.5, 0.6) is 0 Å². The summed E-state index contributed by atoms with van der Waals surface area (Å²) in [5, 5.41) is 1.15. The van der Waals surface area contributed by atoms with E-state index in [0.717, 1.165) is 33.4 Å². The smallest absolute Gasteiger partial charge is 0.264 e. The molecule has 7 heteroatoms. The molecule has 134 valence electrons. The second-order valence-corrected chi connectivity index (χ2v) is 7.85. The van der Waals surface area contributed by atoms with Crippen LogP contribution in [-0.2, 0) is 4.79 Å². The first-order valence-corrected chi connectivity index (χ1v) is 9.17. The summed E-state index contributed by atoms with van der Waals surface area (Å²) >= 11 is 1.56. The highest BCUT2D eigenvalue weighted by Gasteiger charge is 2.48. The minimum absolute atomic E-state index is 0. The summed E-state index contributed by atoms with van der Waals surface area (Å²) in [4.78, 5) is 29.7. The van der Waals surface area contributed by atoms with Gasteiger partial charge in [-0.2, -0.15) is 0 Å². The Morgan fingerprint density at radius 1 is 1.08 bits per heavy atom. The molecule has 2 heterocycles. The van der Waals surface area contributed by atoms with Crippen LogP contribution in [0.1, 0.15) is 28.1 Å². The van der Waals surface area contributed by atoms with Gasteiger partial charge in [-0.05, 0) is 36.8 Å². The molecule has 25 heavy (non-hydrogen) atoms. The van der Waals surface area contributed by atoms with Crippen LogP contribution in [0.15, 0.2) is 24.3 Å². The molecule has 1 aliphatic heterocycles. The Kier molecular flexibility index (Phi) is 4.79. The summed E-state index contributed by atoms with van der Waals surface area (Å²) in [6.45, 7) is 4.32. The highest BCUT2D eigenvalue weighted by atomic mass is 35.5. The lowest BCUT2D eigenvalue weighted by Gasteiger charge is -2.36. The number of nitrogens with zero attached hydrogens (tertiary/aromatic N) is 2. The van der Waals surface area contributed by atoms with Gasteiger partial charge in [-0.15, -0.1) is 23.7 Å². The van der Waals surface area contributed by atoms with Crippen LogP contribution >= 0.6 is 23.7 Å².